The van der Waals surface area contributed by atoms with E-state index in [9.17, 15) is 4.79 Å². The van der Waals surface area contributed by atoms with Crippen LogP contribution in [0.2, 0.25) is 10.0 Å². The summed E-state index contributed by atoms with van der Waals surface area (Å²) in [6.07, 6.45) is 2.33. The van der Waals surface area contributed by atoms with E-state index in [2.05, 4.69) is 15.1 Å². The predicted octanol–water partition coefficient (Wildman–Crippen LogP) is 4.47. The molecule has 0 saturated carbocycles. The lowest BCUT2D eigenvalue weighted by Crippen LogP contribution is -2.46. The van der Waals surface area contributed by atoms with Crippen LogP contribution in [0.1, 0.15) is 18.4 Å². The highest BCUT2D eigenvalue weighted by Crippen LogP contribution is 2.28. The summed E-state index contributed by atoms with van der Waals surface area (Å²) in [7, 11) is 0. The molecule has 0 spiro atoms. The van der Waals surface area contributed by atoms with Gasteiger partial charge in [0.25, 0.3) is 0 Å². The maximum atomic E-state index is 11.5. The Kier molecular flexibility index (Phi) is 6.48. The van der Waals surface area contributed by atoms with Crippen molar-refractivity contribution >= 4 is 40.5 Å². The average Bonchev–Trinajstić information content (AvgIpc) is 2.73. The van der Waals surface area contributed by atoms with Gasteiger partial charge in [-0.15, -0.1) is 0 Å². The Balaban J connectivity index is 1.19. The third-order valence-electron chi connectivity index (χ3n) is 5.50. The van der Waals surface area contributed by atoms with Crippen molar-refractivity contribution in [3.63, 3.8) is 0 Å². The van der Waals surface area contributed by atoms with Crippen LogP contribution in [-0.2, 0) is 11.2 Å². The molecule has 0 atom stereocenters. The maximum absolute atomic E-state index is 11.5. The number of hydrogen-bond acceptors (Lipinski definition) is 4. The highest BCUT2D eigenvalue weighted by molar-refractivity contribution is 6.42. The molecule has 1 saturated heterocycles. The number of nitrogens with zero attached hydrogens (tertiary/aromatic N) is 2. The lowest BCUT2D eigenvalue weighted by molar-refractivity contribution is -0.116. The van der Waals surface area contributed by atoms with Crippen molar-refractivity contribution in [1.29, 1.82) is 0 Å². The zero-order valence-electron chi connectivity index (χ0n) is 16.3. The van der Waals surface area contributed by atoms with Gasteiger partial charge < -0.3 is 15.0 Å². The first-order valence-corrected chi connectivity index (χ1v) is 10.8. The molecule has 2 aromatic rings. The third-order valence-corrected chi connectivity index (χ3v) is 6.24. The molecule has 0 unspecified atom stereocenters. The molecular weight excluding hydrogens is 409 g/mol. The van der Waals surface area contributed by atoms with Crippen LogP contribution in [0, 0.1) is 0 Å². The number of anilines is 2. The van der Waals surface area contributed by atoms with Crippen molar-refractivity contribution in [3.8, 4) is 5.75 Å². The van der Waals surface area contributed by atoms with Gasteiger partial charge in [0.2, 0.25) is 5.91 Å². The van der Waals surface area contributed by atoms with Gasteiger partial charge in [0.05, 0.1) is 16.7 Å². The second kappa shape index (κ2) is 9.24. The Morgan fingerprint density at radius 1 is 0.966 bits per heavy atom. The summed E-state index contributed by atoms with van der Waals surface area (Å²) < 4.78 is 5.90. The van der Waals surface area contributed by atoms with Crippen LogP contribution in [0.4, 0.5) is 11.4 Å². The summed E-state index contributed by atoms with van der Waals surface area (Å²) >= 11 is 12.1. The summed E-state index contributed by atoms with van der Waals surface area (Å²) in [5.41, 5.74) is 3.19. The number of piperazine rings is 1. The van der Waals surface area contributed by atoms with E-state index in [1.807, 2.05) is 36.4 Å². The van der Waals surface area contributed by atoms with Crippen molar-refractivity contribution < 1.29 is 9.53 Å². The maximum Gasteiger partial charge on any atom is 0.224 e. The van der Waals surface area contributed by atoms with Crippen molar-refractivity contribution in [2.75, 3.05) is 49.5 Å². The molecular formula is C22H25Cl2N3O2. The summed E-state index contributed by atoms with van der Waals surface area (Å²) in [4.78, 5) is 16.4. The Bertz CT molecular complexity index is 882. The van der Waals surface area contributed by atoms with Crippen LogP contribution in [-0.4, -0.2) is 50.1 Å². The van der Waals surface area contributed by atoms with Crippen molar-refractivity contribution in [2.24, 2.45) is 0 Å². The fourth-order valence-electron chi connectivity index (χ4n) is 3.83. The standard InChI is InChI=1S/C22H25Cl2N3O2/c23-19-6-4-17(14-20(19)24)27-11-9-26(10-12-27)8-1-13-29-18-5-2-16-3-7-22(28)25-21(16)15-18/h2,4-6,14-15H,1,3,7-13H2,(H,25,28). The van der Waals surface area contributed by atoms with Gasteiger partial charge in [-0.05, 0) is 42.7 Å². The van der Waals surface area contributed by atoms with Gasteiger partial charge in [-0.1, -0.05) is 29.3 Å². The second-order valence-electron chi connectivity index (χ2n) is 7.50. The molecule has 0 aliphatic carbocycles. The number of halogens is 2. The van der Waals surface area contributed by atoms with Gasteiger partial charge in [0.15, 0.2) is 0 Å². The van der Waals surface area contributed by atoms with Crippen LogP contribution >= 0.6 is 23.2 Å². The minimum absolute atomic E-state index is 0.0784. The Morgan fingerprint density at radius 2 is 1.79 bits per heavy atom. The molecule has 0 radical (unpaired) electrons. The molecule has 5 nitrogen and oxygen atoms in total. The van der Waals surface area contributed by atoms with Gasteiger partial charge >= 0.3 is 0 Å². The van der Waals surface area contributed by atoms with E-state index in [4.69, 9.17) is 27.9 Å². The zero-order chi connectivity index (χ0) is 20.2. The van der Waals surface area contributed by atoms with Crippen LogP contribution in [0.5, 0.6) is 5.75 Å². The molecule has 0 bridgehead atoms. The molecule has 1 amide bonds. The quantitative estimate of drug-likeness (QED) is 0.682. The highest BCUT2D eigenvalue weighted by atomic mass is 35.5. The molecule has 7 heteroatoms. The summed E-state index contributed by atoms with van der Waals surface area (Å²) in [6, 6.07) is 11.8. The number of amides is 1. The van der Waals surface area contributed by atoms with Crippen LogP contribution in [0.15, 0.2) is 36.4 Å². The summed E-state index contributed by atoms with van der Waals surface area (Å²) in [5.74, 6) is 0.894. The smallest absolute Gasteiger partial charge is 0.224 e. The van der Waals surface area contributed by atoms with Gasteiger partial charge in [0.1, 0.15) is 5.75 Å². The number of hydrogen-bond donors (Lipinski definition) is 1. The largest absolute Gasteiger partial charge is 0.493 e. The zero-order valence-corrected chi connectivity index (χ0v) is 17.8. The predicted molar refractivity (Wildman–Crippen MR) is 119 cm³/mol. The van der Waals surface area contributed by atoms with Crippen molar-refractivity contribution in [3.05, 3.63) is 52.0 Å². The Labute approximate surface area is 181 Å². The van der Waals surface area contributed by atoms with Crippen LogP contribution in [0.3, 0.4) is 0 Å². The molecule has 2 aliphatic rings. The SMILES string of the molecule is O=C1CCc2ccc(OCCCN3CCN(c4ccc(Cl)c(Cl)c4)CC3)cc2N1. The minimum atomic E-state index is 0.0784. The van der Waals surface area contributed by atoms with Crippen LogP contribution in [0.25, 0.3) is 0 Å². The van der Waals surface area contributed by atoms with E-state index in [0.29, 0.717) is 23.1 Å². The number of benzene rings is 2. The Morgan fingerprint density at radius 3 is 2.59 bits per heavy atom. The first-order valence-electron chi connectivity index (χ1n) is 10.1. The van der Waals surface area contributed by atoms with E-state index in [-0.39, 0.29) is 5.91 Å². The number of carbonyl (C=O) groups excluding carboxylic acids is 1. The van der Waals surface area contributed by atoms with Gasteiger partial charge in [-0.3, -0.25) is 9.69 Å². The molecule has 4 rings (SSSR count). The number of ether oxygens (including phenoxy) is 1. The van der Waals surface area contributed by atoms with Crippen molar-refractivity contribution in [2.45, 2.75) is 19.3 Å². The van der Waals surface area contributed by atoms with Crippen molar-refractivity contribution in [1.82, 2.24) is 4.90 Å². The fourth-order valence-corrected chi connectivity index (χ4v) is 4.12. The van der Waals surface area contributed by atoms with Gasteiger partial charge in [0, 0.05) is 56.6 Å². The highest BCUT2D eigenvalue weighted by Gasteiger charge is 2.18. The van der Waals surface area contributed by atoms with E-state index >= 15 is 0 Å². The molecule has 1 N–H and O–H groups in total. The summed E-state index contributed by atoms with van der Waals surface area (Å²) in [5, 5.41) is 4.11. The molecule has 1 fully saturated rings. The van der Waals surface area contributed by atoms with Crippen LogP contribution < -0.4 is 15.0 Å². The molecule has 154 valence electrons. The normalized spacial score (nSPS) is 17.0. The minimum Gasteiger partial charge on any atom is -0.493 e. The van der Waals surface area contributed by atoms with Gasteiger partial charge in [-0.25, -0.2) is 0 Å². The van der Waals surface area contributed by atoms with Gasteiger partial charge in [-0.2, -0.15) is 0 Å². The first kappa shape index (κ1) is 20.3. The second-order valence-corrected chi connectivity index (χ2v) is 8.31. The number of carbonyl (C=O) groups is 1. The molecule has 2 heterocycles. The average molecular weight is 434 g/mol. The molecule has 2 aromatic carbocycles. The fraction of sp³-hybridized carbons (Fsp3) is 0.409. The summed E-state index contributed by atoms with van der Waals surface area (Å²) in [6.45, 7) is 5.67. The monoisotopic (exact) mass is 433 g/mol. The van der Waals surface area contributed by atoms with E-state index in [0.717, 1.165) is 62.7 Å². The first-order chi connectivity index (χ1) is 14.1. The molecule has 0 aromatic heterocycles. The van der Waals surface area contributed by atoms with E-state index in [1.54, 1.807) is 0 Å². The molecule has 2 aliphatic heterocycles. The topological polar surface area (TPSA) is 44.8 Å². The third kappa shape index (κ3) is 5.16. The lowest BCUT2D eigenvalue weighted by atomic mass is 10.0. The number of aryl methyl sites for hydroxylation is 1. The number of fused-ring (bicyclic) bond motifs is 1. The Hall–Kier alpha value is -1.95. The molecule has 29 heavy (non-hydrogen) atoms. The lowest BCUT2D eigenvalue weighted by Gasteiger charge is -2.36. The number of rotatable bonds is 6. The number of nitrogens with one attached hydrogen (secondary N) is 1. The van der Waals surface area contributed by atoms with E-state index < -0.39 is 0 Å². The van der Waals surface area contributed by atoms with E-state index in [1.165, 1.54) is 5.56 Å².